The topological polar surface area (TPSA) is 0 Å². The summed E-state index contributed by atoms with van der Waals surface area (Å²) in [7, 11) is -0.938. The lowest BCUT2D eigenvalue weighted by molar-refractivity contribution is 1.43. The van der Waals surface area contributed by atoms with Crippen molar-refractivity contribution in [3.8, 4) is 0 Å². The third kappa shape index (κ3) is 2.83. The third-order valence-corrected chi connectivity index (χ3v) is 6.97. The largest absolute Gasteiger partial charge is 0.155 e. The lowest BCUT2D eigenvalue weighted by atomic mass is 10.2. The average Bonchev–Trinajstić information content (AvgIpc) is 2.53. The second-order valence-corrected chi connectivity index (χ2v) is 7.78. The van der Waals surface area contributed by atoms with Gasteiger partial charge in [-0.15, -0.1) is 0 Å². The van der Waals surface area contributed by atoms with E-state index in [1.807, 2.05) is 0 Å². The fourth-order valence-electron chi connectivity index (χ4n) is 2.87. The van der Waals surface area contributed by atoms with E-state index in [-0.39, 0.29) is 0 Å². The second-order valence-electron chi connectivity index (χ2n) is 5.37. The van der Waals surface area contributed by atoms with Crippen LogP contribution in [-0.2, 0) is 0 Å². The van der Waals surface area contributed by atoms with Crippen LogP contribution in [0, 0.1) is 13.8 Å². The zero-order valence-corrected chi connectivity index (χ0v) is 13.5. The van der Waals surface area contributed by atoms with E-state index < -0.39 is 8.80 Å². The Morgan fingerprint density at radius 3 is 1.38 bits per heavy atom. The molecule has 0 aliphatic rings. The van der Waals surface area contributed by atoms with Gasteiger partial charge in [0.05, 0.1) is 0 Å². The predicted octanol–water partition coefficient (Wildman–Crippen LogP) is 2.82. The Labute approximate surface area is 128 Å². The van der Waals surface area contributed by atoms with Crippen molar-refractivity contribution in [3.05, 3.63) is 90.0 Å². The second kappa shape index (κ2) is 6.11. The van der Waals surface area contributed by atoms with E-state index in [2.05, 4.69) is 92.7 Å². The maximum atomic E-state index is 2.27. The highest BCUT2D eigenvalue weighted by atomic mass is 28.3. The van der Waals surface area contributed by atoms with Crippen LogP contribution in [-0.4, -0.2) is 8.80 Å². The Morgan fingerprint density at radius 1 is 0.524 bits per heavy atom. The van der Waals surface area contributed by atoms with Crippen LogP contribution in [0.3, 0.4) is 0 Å². The molecule has 0 atom stereocenters. The number of benzene rings is 3. The minimum atomic E-state index is -0.938. The summed E-state index contributed by atoms with van der Waals surface area (Å²) in [6.45, 7) is 4.47. The number of aryl methyl sites for hydroxylation is 2. The highest BCUT2D eigenvalue weighted by Gasteiger charge is 2.22. The van der Waals surface area contributed by atoms with Gasteiger partial charge in [-0.25, -0.2) is 0 Å². The molecule has 1 radical (unpaired) electrons. The van der Waals surface area contributed by atoms with Crippen molar-refractivity contribution < 1.29 is 0 Å². The van der Waals surface area contributed by atoms with Crippen LogP contribution in [0.15, 0.2) is 78.9 Å². The highest BCUT2D eigenvalue weighted by molar-refractivity contribution is 6.96. The maximum absolute atomic E-state index is 2.27. The van der Waals surface area contributed by atoms with Crippen molar-refractivity contribution in [2.24, 2.45) is 0 Å². The molecule has 3 aromatic rings. The van der Waals surface area contributed by atoms with Crippen molar-refractivity contribution in [2.45, 2.75) is 13.8 Å². The standard InChI is InChI=1S/C20H19Si/c1-16-10-9-11-17(2)20(16)21(18-12-5-3-6-13-18)19-14-7-4-8-15-19/h3-15H,1-2H3. The number of hydrogen-bond donors (Lipinski definition) is 0. The van der Waals surface area contributed by atoms with Crippen LogP contribution in [0.25, 0.3) is 0 Å². The molecular formula is C20H19Si. The Bertz CT molecular complexity index is 658. The Hall–Kier alpha value is -2.12. The van der Waals surface area contributed by atoms with Crippen LogP contribution in [0.1, 0.15) is 11.1 Å². The van der Waals surface area contributed by atoms with E-state index in [1.165, 1.54) is 26.7 Å². The van der Waals surface area contributed by atoms with Gasteiger partial charge in [-0.05, 0) is 19.0 Å². The van der Waals surface area contributed by atoms with E-state index in [0.717, 1.165) is 0 Å². The molecule has 0 saturated heterocycles. The van der Waals surface area contributed by atoms with E-state index >= 15 is 0 Å². The summed E-state index contributed by atoms with van der Waals surface area (Å²) in [6.07, 6.45) is 0. The average molecular weight is 287 g/mol. The minimum absolute atomic E-state index is 0.938. The van der Waals surface area contributed by atoms with Crippen LogP contribution in [0.2, 0.25) is 0 Å². The smallest absolute Gasteiger partial charge is 0.0624 e. The first-order valence-electron chi connectivity index (χ1n) is 7.32. The van der Waals surface area contributed by atoms with E-state index in [0.29, 0.717) is 0 Å². The fourth-order valence-corrected chi connectivity index (χ4v) is 5.79. The molecular weight excluding hydrogens is 268 g/mol. The zero-order chi connectivity index (χ0) is 14.7. The number of hydrogen-bond acceptors (Lipinski definition) is 0. The first-order valence-corrected chi connectivity index (χ1v) is 8.82. The molecule has 0 N–H and O–H groups in total. The summed E-state index contributed by atoms with van der Waals surface area (Å²) in [4.78, 5) is 0. The summed E-state index contributed by atoms with van der Waals surface area (Å²) in [5.74, 6) is 0. The SMILES string of the molecule is Cc1cccc(C)c1[Si](c1ccccc1)c1ccccc1. The van der Waals surface area contributed by atoms with Crippen molar-refractivity contribution in [1.29, 1.82) is 0 Å². The van der Waals surface area contributed by atoms with Gasteiger partial charge in [0.15, 0.2) is 8.80 Å². The first-order chi connectivity index (χ1) is 10.3. The molecule has 0 saturated carbocycles. The Morgan fingerprint density at radius 2 is 0.952 bits per heavy atom. The van der Waals surface area contributed by atoms with E-state index in [1.54, 1.807) is 0 Å². The number of rotatable bonds is 3. The van der Waals surface area contributed by atoms with Gasteiger partial charge < -0.3 is 0 Å². The normalized spacial score (nSPS) is 10.8. The summed E-state index contributed by atoms with van der Waals surface area (Å²) >= 11 is 0. The van der Waals surface area contributed by atoms with Gasteiger partial charge in [-0.2, -0.15) is 0 Å². The molecule has 0 spiro atoms. The third-order valence-electron chi connectivity index (χ3n) is 3.86. The van der Waals surface area contributed by atoms with Crippen molar-refractivity contribution in [3.63, 3.8) is 0 Å². The lowest BCUT2D eigenvalue weighted by Gasteiger charge is -2.21. The van der Waals surface area contributed by atoms with Crippen LogP contribution < -0.4 is 15.6 Å². The van der Waals surface area contributed by atoms with Gasteiger partial charge in [0.1, 0.15) is 0 Å². The molecule has 0 heterocycles. The molecule has 21 heavy (non-hydrogen) atoms. The molecule has 1 heteroatoms. The molecule has 3 aromatic carbocycles. The lowest BCUT2D eigenvalue weighted by Crippen LogP contribution is -2.53. The molecule has 0 bridgehead atoms. The molecule has 0 aliphatic heterocycles. The highest BCUT2D eigenvalue weighted by Crippen LogP contribution is 2.04. The van der Waals surface area contributed by atoms with E-state index in [4.69, 9.17) is 0 Å². The first kappa shape index (κ1) is 13.8. The molecule has 0 unspecified atom stereocenters. The summed E-state index contributed by atoms with van der Waals surface area (Å²) in [5.41, 5.74) is 2.80. The zero-order valence-electron chi connectivity index (χ0n) is 12.5. The van der Waals surface area contributed by atoms with Gasteiger partial charge in [-0.1, -0.05) is 100 Å². The molecule has 3 rings (SSSR count). The van der Waals surface area contributed by atoms with Gasteiger partial charge >= 0.3 is 0 Å². The fraction of sp³-hybridized carbons (Fsp3) is 0.100. The Balaban J connectivity index is 2.23. The minimum Gasteiger partial charge on any atom is -0.0624 e. The maximum Gasteiger partial charge on any atom is 0.155 e. The van der Waals surface area contributed by atoms with Crippen molar-refractivity contribution >= 4 is 24.4 Å². The van der Waals surface area contributed by atoms with E-state index in [9.17, 15) is 0 Å². The van der Waals surface area contributed by atoms with Crippen LogP contribution in [0.4, 0.5) is 0 Å². The van der Waals surface area contributed by atoms with Gasteiger partial charge in [0.25, 0.3) is 0 Å². The monoisotopic (exact) mass is 287 g/mol. The molecule has 0 amide bonds. The summed E-state index contributed by atoms with van der Waals surface area (Å²) < 4.78 is 0. The van der Waals surface area contributed by atoms with Gasteiger partial charge in [0.2, 0.25) is 0 Å². The quantitative estimate of drug-likeness (QED) is 0.513. The van der Waals surface area contributed by atoms with Gasteiger partial charge in [-0.3, -0.25) is 0 Å². The van der Waals surface area contributed by atoms with Crippen LogP contribution in [0.5, 0.6) is 0 Å². The molecule has 0 aromatic heterocycles. The predicted molar refractivity (Wildman–Crippen MR) is 93.5 cm³/mol. The summed E-state index contributed by atoms with van der Waals surface area (Å²) in [5, 5.41) is 4.43. The molecule has 0 nitrogen and oxygen atoms in total. The Kier molecular flexibility index (Phi) is 4.02. The molecule has 103 valence electrons. The summed E-state index contributed by atoms with van der Waals surface area (Å²) in [6, 6.07) is 28.5. The van der Waals surface area contributed by atoms with Crippen molar-refractivity contribution in [2.75, 3.05) is 0 Å². The van der Waals surface area contributed by atoms with Crippen LogP contribution >= 0.6 is 0 Å². The molecule has 0 fully saturated rings. The van der Waals surface area contributed by atoms with Gasteiger partial charge in [0, 0.05) is 0 Å². The van der Waals surface area contributed by atoms with Crippen molar-refractivity contribution in [1.82, 2.24) is 0 Å². The molecule has 0 aliphatic carbocycles.